The van der Waals surface area contributed by atoms with Crippen molar-refractivity contribution in [2.75, 3.05) is 5.75 Å². The fraction of sp³-hybridized carbons (Fsp3) is 0.559. The van der Waals surface area contributed by atoms with Crippen LogP contribution in [0.25, 0.3) is 5.57 Å². The highest BCUT2D eigenvalue weighted by Gasteiger charge is 2.78. The van der Waals surface area contributed by atoms with Gasteiger partial charge in [0.15, 0.2) is 17.1 Å². The molecule has 0 heterocycles. The van der Waals surface area contributed by atoms with Crippen molar-refractivity contribution in [2.24, 2.45) is 28.6 Å². The van der Waals surface area contributed by atoms with E-state index in [0.29, 0.717) is 17.6 Å². The average molecular weight is 617 g/mol. The van der Waals surface area contributed by atoms with Gasteiger partial charge in [-0.15, -0.1) is 0 Å². The van der Waals surface area contributed by atoms with Crippen LogP contribution < -0.4 is 0 Å². The third-order valence-corrected chi connectivity index (χ3v) is 12.0. The lowest BCUT2D eigenvalue weighted by atomic mass is 9.44. The molecule has 9 heteroatoms. The number of ketones is 1. The van der Waals surface area contributed by atoms with E-state index < -0.39 is 75.7 Å². The molecule has 3 fully saturated rings. The van der Waals surface area contributed by atoms with Gasteiger partial charge in [-0.3, -0.25) is 14.4 Å². The molecular weight excluding hydrogens is 577 g/mol. The molecule has 0 radical (unpaired) electrons. The van der Waals surface area contributed by atoms with Crippen LogP contribution in [-0.4, -0.2) is 51.3 Å². The summed E-state index contributed by atoms with van der Waals surface area (Å²) in [7, 11) is 0. The van der Waals surface area contributed by atoms with Gasteiger partial charge in [-0.1, -0.05) is 69.5 Å². The summed E-state index contributed by atoms with van der Waals surface area (Å²) in [5, 5.41) is 11.3. The van der Waals surface area contributed by atoms with Crippen LogP contribution in [0.3, 0.4) is 0 Å². The number of ether oxygens (including phenoxy) is 1. The summed E-state index contributed by atoms with van der Waals surface area (Å²) in [6.45, 7) is 10.2. The van der Waals surface area contributed by atoms with Gasteiger partial charge in [0.1, 0.15) is 12.8 Å². The second-order valence-electron chi connectivity index (χ2n) is 13.1. The molecule has 4 aliphatic rings. The standard InChI is InChI=1S/C34H39F3O5S/c1-6-29(40)42-34(30(41)43-18-19(2)22-9-7-21(17-35)8-10-22)20(3)13-24-25-15-27(36)26-14-23(38)11-12-31(26,4)33(25,37)28(39)16-32(24,34)5/h7-12,14,20,24-25,27-28,39H,2,6,13,15-18H2,1,3-5H3/t20-,24?,25?,27+,28+,31+,32+,33+,34+/m1/s1. The van der Waals surface area contributed by atoms with Crippen molar-refractivity contribution in [2.45, 2.75) is 83.6 Å². The van der Waals surface area contributed by atoms with Gasteiger partial charge in [0.2, 0.25) is 5.12 Å². The van der Waals surface area contributed by atoms with Gasteiger partial charge in [0.05, 0.1) is 6.10 Å². The van der Waals surface area contributed by atoms with E-state index in [9.17, 15) is 23.9 Å². The number of hydrogen-bond acceptors (Lipinski definition) is 6. The quantitative estimate of drug-likeness (QED) is 0.344. The highest BCUT2D eigenvalue weighted by atomic mass is 32.2. The zero-order valence-electron chi connectivity index (χ0n) is 25.0. The Bertz CT molecular complexity index is 1410. The molecule has 5 rings (SSSR count). The van der Waals surface area contributed by atoms with Crippen molar-refractivity contribution in [3.8, 4) is 0 Å². The molecule has 0 saturated heterocycles. The summed E-state index contributed by atoms with van der Waals surface area (Å²) in [6, 6.07) is 6.76. The number of halogens is 3. The van der Waals surface area contributed by atoms with Crippen molar-refractivity contribution in [3.63, 3.8) is 0 Å². The first-order valence-corrected chi connectivity index (χ1v) is 15.9. The first-order valence-electron chi connectivity index (χ1n) is 14.9. The largest absolute Gasteiger partial charge is 0.449 e. The fourth-order valence-corrected chi connectivity index (χ4v) is 9.80. The topological polar surface area (TPSA) is 80.7 Å². The predicted octanol–water partition coefficient (Wildman–Crippen LogP) is 6.69. The zero-order valence-corrected chi connectivity index (χ0v) is 25.8. The van der Waals surface area contributed by atoms with E-state index in [-0.39, 0.29) is 30.6 Å². The third kappa shape index (κ3) is 4.51. The van der Waals surface area contributed by atoms with Gasteiger partial charge < -0.3 is 9.84 Å². The Balaban J connectivity index is 1.52. The third-order valence-electron chi connectivity index (χ3n) is 10.9. The Labute approximate surface area is 255 Å². The summed E-state index contributed by atoms with van der Waals surface area (Å²) >= 11 is 0.947. The van der Waals surface area contributed by atoms with E-state index in [4.69, 9.17) is 4.74 Å². The molecule has 0 aromatic heterocycles. The molecule has 0 bridgehead atoms. The second-order valence-corrected chi connectivity index (χ2v) is 14.0. The normalized spacial score (nSPS) is 39.8. The molecule has 232 valence electrons. The van der Waals surface area contributed by atoms with Crippen LogP contribution in [0.15, 0.2) is 54.6 Å². The summed E-state index contributed by atoms with van der Waals surface area (Å²) < 4.78 is 52.5. The molecule has 0 aliphatic heterocycles. The van der Waals surface area contributed by atoms with Gasteiger partial charge in [0, 0.05) is 34.8 Å². The Morgan fingerprint density at radius 2 is 1.84 bits per heavy atom. The van der Waals surface area contributed by atoms with E-state index in [0.717, 1.165) is 23.4 Å². The molecule has 1 N–H and O–H groups in total. The number of carbonyl (C=O) groups is 3. The van der Waals surface area contributed by atoms with Gasteiger partial charge in [-0.25, -0.2) is 13.2 Å². The number of carbonyl (C=O) groups excluding carboxylic acids is 3. The summed E-state index contributed by atoms with van der Waals surface area (Å²) in [5.74, 6) is -2.98. The number of thioether (sulfide) groups is 1. The minimum atomic E-state index is -2.30. The van der Waals surface area contributed by atoms with E-state index >= 15 is 8.78 Å². The maximum absolute atomic E-state index is 17.6. The van der Waals surface area contributed by atoms with E-state index in [1.165, 1.54) is 19.1 Å². The van der Waals surface area contributed by atoms with Crippen molar-refractivity contribution < 1.29 is 37.4 Å². The monoisotopic (exact) mass is 616 g/mol. The molecule has 3 saturated carbocycles. The minimum absolute atomic E-state index is 0.0113. The molecule has 1 aromatic rings. The second kappa shape index (κ2) is 11.1. The number of hydrogen-bond donors (Lipinski definition) is 1. The Hall–Kier alpha value is -2.65. The fourth-order valence-electron chi connectivity index (χ4n) is 8.64. The van der Waals surface area contributed by atoms with Gasteiger partial charge in [-0.05, 0) is 66.5 Å². The Kier molecular flexibility index (Phi) is 8.17. The number of rotatable bonds is 7. The number of esters is 1. The molecule has 1 aromatic carbocycles. The number of aliphatic hydroxyl groups is 1. The van der Waals surface area contributed by atoms with Crippen molar-refractivity contribution in [1.29, 1.82) is 0 Å². The minimum Gasteiger partial charge on any atom is -0.449 e. The lowest BCUT2D eigenvalue weighted by Gasteiger charge is -2.63. The first-order chi connectivity index (χ1) is 20.2. The molecule has 9 atom stereocenters. The van der Waals surface area contributed by atoms with Crippen molar-refractivity contribution in [3.05, 3.63) is 65.8 Å². The SMILES string of the molecule is C=C(CSC(=O)[C@@]1(OC(=O)CC)[C@H](C)CC2C3C[C@H](F)C4=CC(=O)C=C[C@]4(C)[C@@]3(F)[C@@H](O)C[C@@]21C)c1ccc(CF)cc1. The summed E-state index contributed by atoms with van der Waals surface area (Å²) in [6.07, 6.45) is 0.377. The number of allylic oxidation sites excluding steroid dienone is 4. The smallest absolute Gasteiger partial charge is 0.306 e. The van der Waals surface area contributed by atoms with E-state index in [1.54, 1.807) is 45.0 Å². The molecule has 0 spiro atoms. The van der Waals surface area contributed by atoms with Crippen LogP contribution in [0, 0.1) is 28.6 Å². The zero-order chi connectivity index (χ0) is 31.5. The van der Waals surface area contributed by atoms with Gasteiger partial charge >= 0.3 is 5.97 Å². The average Bonchev–Trinajstić information content (AvgIpc) is 3.20. The summed E-state index contributed by atoms with van der Waals surface area (Å²) in [4.78, 5) is 39.4. The van der Waals surface area contributed by atoms with Crippen molar-refractivity contribution in [1.82, 2.24) is 0 Å². The van der Waals surface area contributed by atoms with Crippen LogP contribution in [0.4, 0.5) is 13.2 Å². The number of fused-ring (bicyclic) bond motifs is 5. The van der Waals surface area contributed by atoms with Crippen molar-refractivity contribution >= 4 is 34.2 Å². The highest BCUT2D eigenvalue weighted by molar-refractivity contribution is 8.14. The molecule has 0 amide bonds. The van der Waals surface area contributed by atoms with Gasteiger partial charge in [0.25, 0.3) is 0 Å². The molecule has 4 aliphatic carbocycles. The maximum Gasteiger partial charge on any atom is 0.306 e. The van der Waals surface area contributed by atoms with Crippen LogP contribution in [0.2, 0.25) is 0 Å². The predicted molar refractivity (Wildman–Crippen MR) is 160 cm³/mol. The molecule has 5 nitrogen and oxygen atoms in total. The van der Waals surface area contributed by atoms with Crippen LogP contribution in [0.1, 0.15) is 64.5 Å². The van der Waals surface area contributed by atoms with Crippen LogP contribution >= 0.6 is 11.8 Å². The van der Waals surface area contributed by atoms with E-state index in [2.05, 4.69) is 6.58 Å². The lowest BCUT2D eigenvalue weighted by Crippen LogP contribution is -2.70. The lowest BCUT2D eigenvalue weighted by molar-refractivity contribution is -0.228. The number of benzene rings is 1. The Morgan fingerprint density at radius 3 is 2.47 bits per heavy atom. The summed E-state index contributed by atoms with van der Waals surface area (Å²) in [5.41, 5.74) is -4.83. The van der Waals surface area contributed by atoms with Gasteiger partial charge in [-0.2, -0.15) is 0 Å². The Morgan fingerprint density at radius 1 is 1.16 bits per heavy atom. The number of aliphatic hydroxyl groups excluding tert-OH is 1. The highest BCUT2D eigenvalue weighted by Crippen LogP contribution is 2.72. The maximum atomic E-state index is 17.6. The first kappa shape index (κ1) is 31.8. The molecular formula is C34H39F3O5S. The van der Waals surface area contributed by atoms with E-state index in [1.807, 2.05) is 0 Å². The van der Waals surface area contributed by atoms with Crippen LogP contribution in [-0.2, 0) is 25.8 Å². The number of alkyl halides is 3. The molecule has 43 heavy (non-hydrogen) atoms. The molecule has 2 unspecified atom stereocenters. The van der Waals surface area contributed by atoms with Crippen LogP contribution in [0.5, 0.6) is 0 Å².